The Morgan fingerprint density at radius 1 is 1.20 bits per heavy atom. The Balaban J connectivity index is 1.36. The number of hydrogen-bond donors (Lipinski definition) is 1. The van der Waals surface area contributed by atoms with Gasteiger partial charge in [0, 0.05) is 36.8 Å². The van der Waals surface area contributed by atoms with Gasteiger partial charge in [-0.1, -0.05) is 6.07 Å². The lowest BCUT2D eigenvalue weighted by Crippen LogP contribution is -2.24. The van der Waals surface area contributed by atoms with Crippen LogP contribution in [0.15, 0.2) is 47.5 Å². The largest absolute Gasteiger partial charge is 0.495 e. The van der Waals surface area contributed by atoms with E-state index in [-0.39, 0.29) is 5.56 Å². The Hall–Kier alpha value is -3.42. The number of aromatic nitrogens is 4. The molecule has 0 aromatic carbocycles. The molecule has 30 heavy (non-hydrogen) atoms. The molecule has 8 heteroatoms. The number of pyridine rings is 2. The van der Waals surface area contributed by atoms with Crippen LogP contribution in [-0.4, -0.2) is 33.5 Å². The highest BCUT2D eigenvalue weighted by atomic mass is 16.5. The molecule has 3 heterocycles. The van der Waals surface area contributed by atoms with E-state index >= 15 is 0 Å². The van der Waals surface area contributed by atoms with E-state index in [9.17, 15) is 4.79 Å². The number of anilines is 1. The molecule has 8 nitrogen and oxygen atoms in total. The first-order chi connectivity index (χ1) is 14.5. The molecule has 1 N–H and O–H groups in total. The van der Waals surface area contributed by atoms with Gasteiger partial charge in [0.05, 0.1) is 32.2 Å². The molecule has 1 aliphatic carbocycles. The smallest absolute Gasteiger partial charge is 0.290 e. The predicted molar refractivity (Wildman–Crippen MR) is 113 cm³/mol. The van der Waals surface area contributed by atoms with Crippen LogP contribution < -0.4 is 20.3 Å². The minimum absolute atomic E-state index is 0.207. The van der Waals surface area contributed by atoms with E-state index in [0.29, 0.717) is 36.6 Å². The third kappa shape index (κ3) is 4.59. The van der Waals surface area contributed by atoms with E-state index in [4.69, 9.17) is 9.47 Å². The average Bonchev–Trinajstić information content (AvgIpc) is 3.54. The summed E-state index contributed by atoms with van der Waals surface area (Å²) in [5.74, 6) is 1.94. The number of nitrogens with one attached hydrogen (secondary N) is 1. The fraction of sp³-hybridized carbons (Fsp3) is 0.364. The summed E-state index contributed by atoms with van der Waals surface area (Å²) in [5, 5.41) is 7.36. The van der Waals surface area contributed by atoms with E-state index in [1.54, 1.807) is 32.6 Å². The van der Waals surface area contributed by atoms with Gasteiger partial charge in [-0.3, -0.25) is 14.8 Å². The van der Waals surface area contributed by atoms with Crippen LogP contribution in [0.3, 0.4) is 0 Å². The fourth-order valence-corrected chi connectivity index (χ4v) is 3.29. The Morgan fingerprint density at radius 3 is 2.77 bits per heavy atom. The summed E-state index contributed by atoms with van der Waals surface area (Å²) < 4.78 is 12.3. The van der Waals surface area contributed by atoms with Crippen molar-refractivity contribution in [1.82, 2.24) is 19.7 Å². The van der Waals surface area contributed by atoms with Crippen LogP contribution in [0.1, 0.15) is 29.3 Å². The maximum absolute atomic E-state index is 12.4. The summed E-state index contributed by atoms with van der Waals surface area (Å²) in [4.78, 5) is 21.2. The van der Waals surface area contributed by atoms with Gasteiger partial charge in [-0.25, -0.2) is 4.68 Å². The van der Waals surface area contributed by atoms with Gasteiger partial charge in [0.2, 0.25) is 5.88 Å². The van der Waals surface area contributed by atoms with Gasteiger partial charge in [0.15, 0.2) is 0 Å². The maximum Gasteiger partial charge on any atom is 0.290 e. The van der Waals surface area contributed by atoms with Crippen LogP contribution in [0.4, 0.5) is 5.69 Å². The molecule has 3 aromatic rings. The molecule has 1 aliphatic rings. The Bertz CT molecular complexity index is 1060. The summed E-state index contributed by atoms with van der Waals surface area (Å²) in [6, 6.07) is 9.50. The lowest BCUT2D eigenvalue weighted by atomic mass is 10.2. The Kier molecular flexibility index (Phi) is 5.65. The molecular weight excluding hydrogens is 382 g/mol. The van der Waals surface area contributed by atoms with Gasteiger partial charge in [0.25, 0.3) is 5.56 Å². The van der Waals surface area contributed by atoms with Crippen molar-refractivity contribution in [3.8, 4) is 11.6 Å². The van der Waals surface area contributed by atoms with Crippen LogP contribution in [0.2, 0.25) is 0 Å². The lowest BCUT2D eigenvalue weighted by Gasteiger charge is -2.10. The van der Waals surface area contributed by atoms with Gasteiger partial charge >= 0.3 is 0 Å². The zero-order valence-electron chi connectivity index (χ0n) is 17.3. The van der Waals surface area contributed by atoms with Crippen molar-refractivity contribution < 1.29 is 9.47 Å². The Morgan fingerprint density at radius 2 is 2.07 bits per heavy atom. The maximum atomic E-state index is 12.4. The second kappa shape index (κ2) is 8.52. The van der Waals surface area contributed by atoms with Crippen molar-refractivity contribution >= 4 is 5.69 Å². The van der Waals surface area contributed by atoms with Crippen molar-refractivity contribution in [2.24, 2.45) is 13.0 Å². The summed E-state index contributed by atoms with van der Waals surface area (Å²) in [5.41, 5.74) is 3.23. The van der Waals surface area contributed by atoms with Crippen molar-refractivity contribution in [3.63, 3.8) is 0 Å². The van der Waals surface area contributed by atoms with Crippen LogP contribution in [0.5, 0.6) is 11.6 Å². The lowest BCUT2D eigenvalue weighted by molar-refractivity contribution is 0.278. The van der Waals surface area contributed by atoms with Crippen molar-refractivity contribution in [1.29, 1.82) is 0 Å². The monoisotopic (exact) mass is 407 g/mol. The number of hydrogen-bond acceptors (Lipinski definition) is 7. The second-order valence-electron chi connectivity index (χ2n) is 7.54. The second-order valence-corrected chi connectivity index (χ2v) is 7.54. The minimum Gasteiger partial charge on any atom is -0.495 e. The molecule has 2 atom stereocenters. The van der Waals surface area contributed by atoms with E-state index < -0.39 is 0 Å². The number of methoxy groups -OCH3 is 1. The van der Waals surface area contributed by atoms with Crippen molar-refractivity contribution in [3.05, 3.63) is 70.0 Å². The standard InChI is InChI=1S/C22H25N5O3/c1-14-4-5-16(23-10-14)11-24-20-9-21(26-27(2)22(20)28)30-13-15-8-18(15)19-7-6-17(29-3)12-25-19/h4-7,9-10,12,15,18,24H,8,11,13H2,1-3H3/t15-,18+/m1/s1. The number of aryl methyl sites for hydroxylation is 2. The van der Waals surface area contributed by atoms with Gasteiger partial charge in [-0.15, -0.1) is 5.10 Å². The van der Waals surface area contributed by atoms with E-state index in [2.05, 4.69) is 20.4 Å². The highest BCUT2D eigenvalue weighted by Gasteiger charge is 2.40. The molecule has 1 saturated carbocycles. The Labute approximate surface area is 174 Å². The number of nitrogens with zero attached hydrogens (tertiary/aromatic N) is 4. The number of rotatable bonds is 8. The van der Waals surface area contributed by atoms with E-state index in [1.165, 1.54) is 4.68 Å². The summed E-state index contributed by atoms with van der Waals surface area (Å²) in [7, 11) is 3.25. The minimum atomic E-state index is -0.207. The first-order valence-corrected chi connectivity index (χ1v) is 9.90. The highest BCUT2D eigenvalue weighted by molar-refractivity contribution is 5.43. The van der Waals surface area contributed by atoms with Gasteiger partial charge in [-0.2, -0.15) is 0 Å². The van der Waals surface area contributed by atoms with Gasteiger partial charge in [-0.05, 0) is 37.1 Å². The molecule has 0 bridgehead atoms. The molecule has 0 aliphatic heterocycles. The van der Waals surface area contributed by atoms with Crippen molar-refractivity contribution in [2.45, 2.75) is 25.8 Å². The first-order valence-electron chi connectivity index (χ1n) is 9.90. The summed E-state index contributed by atoms with van der Waals surface area (Å²) in [6.07, 6.45) is 4.57. The van der Waals surface area contributed by atoms with Gasteiger partial charge in [0.1, 0.15) is 11.4 Å². The van der Waals surface area contributed by atoms with Crippen LogP contribution >= 0.6 is 0 Å². The predicted octanol–water partition coefficient (Wildman–Crippen LogP) is 2.68. The van der Waals surface area contributed by atoms with Crippen LogP contribution in [0, 0.1) is 12.8 Å². The molecule has 156 valence electrons. The first kappa shape index (κ1) is 19.9. The molecule has 0 radical (unpaired) electrons. The molecule has 0 unspecified atom stereocenters. The van der Waals surface area contributed by atoms with Crippen molar-refractivity contribution in [2.75, 3.05) is 19.0 Å². The quantitative estimate of drug-likeness (QED) is 0.614. The van der Waals surface area contributed by atoms with Crippen LogP contribution in [0.25, 0.3) is 0 Å². The summed E-state index contributed by atoms with van der Waals surface area (Å²) in [6.45, 7) is 2.97. The molecule has 0 spiro atoms. The molecule has 0 amide bonds. The zero-order chi connectivity index (χ0) is 21.1. The highest BCUT2D eigenvalue weighted by Crippen LogP contribution is 2.46. The van der Waals surface area contributed by atoms with E-state index in [0.717, 1.165) is 29.1 Å². The van der Waals surface area contributed by atoms with Gasteiger partial charge < -0.3 is 14.8 Å². The fourth-order valence-electron chi connectivity index (χ4n) is 3.29. The molecule has 4 rings (SSSR count). The molecule has 0 saturated heterocycles. The third-order valence-corrected chi connectivity index (χ3v) is 5.22. The SMILES string of the molecule is COc1ccc([C@H]2C[C@@H]2COc2cc(NCc3ccc(C)cn3)c(=O)n(C)n2)nc1. The molecule has 3 aromatic heterocycles. The topological polar surface area (TPSA) is 91.2 Å². The van der Waals surface area contributed by atoms with Crippen LogP contribution in [-0.2, 0) is 13.6 Å². The molecule has 1 fully saturated rings. The third-order valence-electron chi connectivity index (χ3n) is 5.22. The zero-order valence-corrected chi connectivity index (χ0v) is 17.3. The average molecular weight is 407 g/mol. The normalized spacial score (nSPS) is 17.4. The summed E-state index contributed by atoms with van der Waals surface area (Å²) >= 11 is 0. The molecular formula is C22H25N5O3. The van der Waals surface area contributed by atoms with E-state index in [1.807, 2.05) is 31.2 Å². The number of ether oxygens (including phenoxy) is 2.